The SMILES string of the molecule is COc1ccc(Cl)cc1NC(=O)CCCC(C)N. The molecule has 1 amide bonds. The highest BCUT2D eigenvalue weighted by Crippen LogP contribution is 2.27. The Kier molecular flexibility index (Phi) is 5.95. The van der Waals surface area contributed by atoms with Gasteiger partial charge in [0.1, 0.15) is 5.75 Å². The van der Waals surface area contributed by atoms with E-state index in [1.54, 1.807) is 25.3 Å². The zero-order valence-corrected chi connectivity index (χ0v) is 11.5. The summed E-state index contributed by atoms with van der Waals surface area (Å²) in [5.41, 5.74) is 6.22. The monoisotopic (exact) mass is 270 g/mol. The van der Waals surface area contributed by atoms with Crippen molar-refractivity contribution in [2.75, 3.05) is 12.4 Å². The van der Waals surface area contributed by atoms with E-state index in [1.807, 2.05) is 6.92 Å². The predicted molar refractivity (Wildman–Crippen MR) is 74.1 cm³/mol. The van der Waals surface area contributed by atoms with Crippen LogP contribution in [-0.4, -0.2) is 19.1 Å². The predicted octanol–water partition coefficient (Wildman–Crippen LogP) is 2.80. The number of methoxy groups -OCH3 is 1. The minimum absolute atomic E-state index is 0.0591. The first kappa shape index (κ1) is 14.8. The normalized spacial score (nSPS) is 12.0. The van der Waals surface area contributed by atoms with E-state index in [-0.39, 0.29) is 11.9 Å². The number of nitrogens with two attached hydrogens (primary N) is 1. The zero-order valence-electron chi connectivity index (χ0n) is 10.7. The van der Waals surface area contributed by atoms with Crippen molar-refractivity contribution in [3.63, 3.8) is 0 Å². The molecule has 4 nitrogen and oxygen atoms in total. The van der Waals surface area contributed by atoms with Crippen LogP contribution >= 0.6 is 11.6 Å². The van der Waals surface area contributed by atoms with Gasteiger partial charge in [-0.15, -0.1) is 0 Å². The Morgan fingerprint density at radius 2 is 2.28 bits per heavy atom. The van der Waals surface area contributed by atoms with Crippen LogP contribution in [-0.2, 0) is 4.79 Å². The van der Waals surface area contributed by atoms with Crippen LogP contribution in [0.2, 0.25) is 5.02 Å². The molecule has 1 aromatic carbocycles. The van der Waals surface area contributed by atoms with Crippen LogP contribution < -0.4 is 15.8 Å². The molecule has 1 atom stereocenters. The summed E-state index contributed by atoms with van der Waals surface area (Å²) >= 11 is 5.88. The van der Waals surface area contributed by atoms with Crippen molar-refractivity contribution in [1.29, 1.82) is 0 Å². The lowest BCUT2D eigenvalue weighted by Crippen LogP contribution is -2.17. The standard InChI is InChI=1S/C13H19ClN2O2/c1-9(15)4-3-5-13(17)16-11-8-10(14)6-7-12(11)18-2/h6-9H,3-5,15H2,1-2H3,(H,16,17). The molecule has 0 aliphatic rings. The lowest BCUT2D eigenvalue weighted by molar-refractivity contribution is -0.116. The second kappa shape index (κ2) is 7.24. The lowest BCUT2D eigenvalue weighted by Gasteiger charge is -2.10. The molecule has 0 bridgehead atoms. The van der Waals surface area contributed by atoms with E-state index in [1.165, 1.54) is 0 Å². The number of ether oxygens (including phenoxy) is 1. The van der Waals surface area contributed by atoms with Gasteiger partial charge in [-0.25, -0.2) is 0 Å². The summed E-state index contributed by atoms with van der Waals surface area (Å²) in [4.78, 5) is 11.7. The molecule has 1 aromatic rings. The topological polar surface area (TPSA) is 64.3 Å². The zero-order chi connectivity index (χ0) is 13.5. The van der Waals surface area contributed by atoms with Gasteiger partial charge >= 0.3 is 0 Å². The third-order valence-corrected chi connectivity index (χ3v) is 2.73. The van der Waals surface area contributed by atoms with E-state index < -0.39 is 0 Å². The number of anilines is 1. The summed E-state index contributed by atoms with van der Waals surface area (Å²) in [6.07, 6.45) is 2.05. The van der Waals surface area contributed by atoms with Gasteiger partial charge in [-0.2, -0.15) is 0 Å². The molecule has 1 unspecified atom stereocenters. The number of hydrogen-bond acceptors (Lipinski definition) is 3. The number of carbonyl (C=O) groups excluding carboxylic acids is 1. The molecule has 0 aliphatic carbocycles. The fourth-order valence-corrected chi connectivity index (χ4v) is 1.75. The Hall–Kier alpha value is -1.26. The minimum Gasteiger partial charge on any atom is -0.495 e. The fraction of sp³-hybridized carbons (Fsp3) is 0.462. The molecule has 0 spiro atoms. The van der Waals surface area contributed by atoms with E-state index in [9.17, 15) is 4.79 Å². The van der Waals surface area contributed by atoms with Crippen molar-refractivity contribution >= 4 is 23.2 Å². The first-order chi connectivity index (χ1) is 8.52. The molecule has 5 heteroatoms. The molecule has 0 radical (unpaired) electrons. The molecule has 0 aromatic heterocycles. The number of amides is 1. The van der Waals surface area contributed by atoms with E-state index in [2.05, 4.69) is 5.32 Å². The Bertz CT molecular complexity index is 408. The maximum absolute atomic E-state index is 11.7. The molecule has 0 saturated carbocycles. The molecule has 100 valence electrons. The lowest BCUT2D eigenvalue weighted by atomic mass is 10.1. The summed E-state index contributed by atoms with van der Waals surface area (Å²) in [5, 5.41) is 3.34. The van der Waals surface area contributed by atoms with Crippen LogP contribution in [0.1, 0.15) is 26.2 Å². The summed E-state index contributed by atoms with van der Waals surface area (Å²) in [5.74, 6) is 0.538. The third-order valence-electron chi connectivity index (χ3n) is 2.50. The van der Waals surface area contributed by atoms with E-state index in [0.29, 0.717) is 22.9 Å². The summed E-state index contributed by atoms with van der Waals surface area (Å²) < 4.78 is 5.15. The van der Waals surface area contributed by atoms with E-state index in [0.717, 1.165) is 12.8 Å². The minimum atomic E-state index is -0.0591. The number of benzene rings is 1. The van der Waals surface area contributed by atoms with Crippen molar-refractivity contribution in [3.8, 4) is 5.75 Å². The van der Waals surface area contributed by atoms with Crippen LogP contribution in [0.25, 0.3) is 0 Å². The van der Waals surface area contributed by atoms with Crippen LogP contribution in [0.4, 0.5) is 5.69 Å². The van der Waals surface area contributed by atoms with Gasteiger partial charge in [0.15, 0.2) is 0 Å². The van der Waals surface area contributed by atoms with Gasteiger partial charge in [-0.3, -0.25) is 4.79 Å². The number of nitrogens with one attached hydrogen (secondary N) is 1. The smallest absolute Gasteiger partial charge is 0.224 e. The number of halogens is 1. The Balaban J connectivity index is 2.55. The Morgan fingerprint density at radius 3 is 2.89 bits per heavy atom. The quantitative estimate of drug-likeness (QED) is 0.835. The van der Waals surface area contributed by atoms with Gasteiger partial charge in [0.05, 0.1) is 12.8 Å². The van der Waals surface area contributed by atoms with Crippen molar-refractivity contribution in [2.24, 2.45) is 5.73 Å². The Morgan fingerprint density at radius 1 is 1.56 bits per heavy atom. The van der Waals surface area contributed by atoms with E-state index >= 15 is 0 Å². The maximum Gasteiger partial charge on any atom is 0.224 e. The van der Waals surface area contributed by atoms with Gasteiger partial charge in [-0.1, -0.05) is 11.6 Å². The molecule has 3 N–H and O–H groups in total. The van der Waals surface area contributed by atoms with Gasteiger partial charge in [0.2, 0.25) is 5.91 Å². The molecule has 1 rings (SSSR count). The second-order valence-corrected chi connectivity index (χ2v) is 4.70. The number of carbonyl (C=O) groups is 1. The molecule has 0 fully saturated rings. The fourth-order valence-electron chi connectivity index (χ4n) is 1.58. The highest BCUT2D eigenvalue weighted by molar-refractivity contribution is 6.31. The summed E-state index contributed by atoms with van der Waals surface area (Å²) in [6, 6.07) is 5.23. The molecule has 18 heavy (non-hydrogen) atoms. The summed E-state index contributed by atoms with van der Waals surface area (Å²) in [6.45, 7) is 1.93. The average Bonchev–Trinajstić information content (AvgIpc) is 2.28. The van der Waals surface area contributed by atoms with E-state index in [4.69, 9.17) is 22.1 Å². The first-order valence-electron chi connectivity index (χ1n) is 5.92. The van der Waals surface area contributed by atoms with Crippen molar-refractivity contribution in [1.82, 2.24) is 0 Å². The first-order valence-corrected chi connectivity index (χ1v) is 6.29. The van der Waals surface area contributed by atoms with Crippen LogP contribution in [0, 0.1) is 0 Å². The van der Waals surface area contributed by atoms with Crippen molar-refractivity contribution in [3.05, 3.63) is 23.2 Å². The third kappa shape index (κ3) is 4.94. The van der Waals surface area contributed by atoms with Crippen LogP contribution in [0.15, 0.2) is 18.2 Å². The summed E-state index contributed by atoms with van der Waals surface area (Å²) in [7, 11) is 1.55. The molecular formula is C13H19ClN2O2. The van der Waals surface area contributed by atoms with Gasteiger partial charge < -0.3 is 15.8 Å². The molecular weight excluding hydrogens is 252 g/mol. The highest BCUT2D eigenvalue weighted by Gasteiger charge is 2.08. The largest absolute Gasteiger partial charge is 0.495 e. The molecule has 0 aliphatic heterocycles. The number of rotatable bonds is 6. The average molecular weight is 271 g/mol. The van der Waals surface area contributed by atoms with Gasteiger partial charge in [0, 0.05) is 17.5 Å². The molecule has 0 saturated heterocycles. The van der Waals surface area contributed by atoms with Crippen LogP contribution in [0.3, 0.4) is 0 Å². The highest BCUT2D eigenvalue weighted by atomic mass is 35.5. The molecule has 0 heterocycles. The second-order valence-electron chi connectivity index (χ2n) is 4.26. The van der Waals surface area contributed by atoms with Crippen molar-refractivity contribution in [2.45, 2.75) is 32.2 Å². The number of hydrogen-bond donors (Lipinski definition) is 2. The van der Waals surface area contributed by atoms with Crippen LogP contribution in [0.5, 0.6) is 5.75 Å². The van der Waals surface area contributed by atoms with Crippen molar-refractivity contribution < 1.29 is 9.53 Å². The van der Waals surface area contributed by atoms with Gasteiger partial charge in [-0.05, 0) is 38.0 Å². The maximum atomic E-state index is 11.7. The Labute approximate surface area is 112 Å². The van der Waals surface area contributed by atoms with Gasteiger partial charge in [0.25, 0.3) is 0 Å².